The Morgan fingerprint density at radius 1 is 1.07 bits per heavy atom. The van der Waals surface area contributed by atoms with Gasteiger partial charge in [0.1, 0.15) is 18.2 Å². The molecule has 5 nitrogen and oxygen atoms in total. The minimum absolute atomic E-state index is 0.0791. The minimum Gasteiger partial charge on any atom is -0.489 e. The molecule has 3 rings (SSSR count). The average Bonchev–Trinajstić information content (AvgIpc) is 2.88. The standard InChI is InChI=1S/C22H24FNO4/c1-2-27-22(26)21(25)14-24-10-8-17-6-7-20(13-18(17)9-11-24)28-15-16-4-3-5-19(23)12-16/h3-7,12-13H,2,8-11,14-15H2,1H3. The van der Waals surface area contributed by atoms with Crippen molar-refractivity contribution in [3.8, 4) is 5.75 Å². The van der Waals surface area contributed by atoms with Crippen molar-refractivity contribution in [2.24, 2.45) is 0 Å². The van der Waals surface area contributed by atoms with Gasteiger partial charge in [-0.2, -0.15) is 0 Å². The Bertz CT molecular complexity index is 852. The summed E-state index contributed by atoms with van der Waals surface area (Å²) in [5.74, 6) is -0.816. The number of hydrogen-bond acceptors (Lipinski definition) is 5. The lowest BCUT2D eigenvalue weighted by molar-refractivity contribution is -0.154. The fourth-order valence-corrected chi connectivity index (χ4v) is 3.27. The van der Waals surface area contributed by atoms with Crippen LogP contribution in [0.1, 0.15) is 23.6 Å². The molecule has 6 heteroatoms. The van der Waals surface area contributed by atoms with Crippen molar-refractivity contribution in [1.82, 2.24) is 4.90 Å². The number of carbonyl (C=O) groups is 2. The Morgan fingerprint density at radius 3 is 2.61 bits per heavy atom. The van der Waals surface area contributed by atoms with Gasteiger partial charge in [-0.3, -0.25) is 9.69 Å². The Labute approximate surface area is 164 Å². The van der Waals surface area contributed by atoms with Crippen LogP contribution in [0.4, 0.5) is 4.39 Å². The maximum absolute atomic E-state index is 13.3. The topological polar surface area (TPSA) is 55.8 Å². The van der Waals surface area contributed by atoms with Crippen molar-refractivity contribution < 1.29 is 23.5 Å². The smallest absolute Gasteiger partial charge is 0.375 e. The largest absolute Gasteiger partial charge is 0.489 e. The Kier molecular flexibility index (Phi) is 6.76. The van der Waals surface area contributed by atoms with Crippen LogP contribution in [0.15, 0.2) is 42.5 Å². The van der Waals surface area contributed by atoms with E-state index < -0.39 is 11.8 Å². The number of benzene rings is 2. The van der Waals surface area contributed by atoms with Gasteiger partial charge in [0.15, 0.2) is 0 Å². The van der Waals surface area contributed by atoms with E-state index in [1.165, 1.54) is 23.3 Å². The monoisotopic (exact) mass is 385 g/mol. The van der Waals surface area contributed by atoms with Crippen LogP contribution in [0.2, 0.25) is 0 Å². The van der Waals surface area contributed by atoms with Gasteiger partial charge in [-0.05, 0) is 60.7 Å². The normalized spacial score (nSPS) is 14.1. The lowest BCUT2D eigenvalue weighted by atomic mass is 10.0. The van der Waals surface area contributed by atoms with E-state index in [9.17, 15) is 14.0 Å². The Morgan fingerprint density at radius 2 is 1.86 bits per heavy atom. The van der Waals surface area contributed by atoms with Gasteiger partial charge in [0.05, 0.1) is 13.2 Å². The maximum atomic E-state index is 13.3. The summed E-state index contributed by atoms with van der Waals surface area (Å²) in [5, 5.41) is 0. The van der Waals surface area contributed by atoms with Gasteiger partial charge in [0.25, 0.3) is 5.78 Å². The first kappa shape index (κ1) is 20.0. The van der Waals surface area contributed by atoms with Gasteiger partial charge < -0.3 is 9.47 Å². The molecule has 0 unspecified atom stereocenters. The predicted octanol–water partition coefficient (Wildman–Crippen LogP) is 2.94. The van der Waals surface area contributed by atoms with Crippen molar-refractivity contribution in [3.05, 3.63) is 65.0 Å². The number of ether oxygens (including phenoxy) is 2. The fraction of sp³-hybridized carbons (Fsp3) is 0.364. The number of Topliss-reactive ketones (excluding diaryl/α,β-unsaturated/α-hetero) is 1. The highest BCUT2D eigenvalue weighted by Crippen LogP contribution is 2.23. The van der Waals surface area contributed by atoms with Crippen molar-refractivity contribution in [2.45, 2.75) is 26.4 Å². The molecule has 0 aromatic heterocycles. The second-order valence-electron chi connectivity index (χ2n) is 6.77. The molecule has 0 amide bonds. The molecular formula is C22H24FNO4. The highest BCUT2D eigenvalue weighted by atomic mass is 19.1. The third-order valence-corrected chi connectivity index (χ3v) is 4.74. The van der Waals surface area contributed by atoms with Crippen molar-refractivity contribution in [3.63, 3.8) is 0 Å². The molecule has 0 saturated carbocycles. The van der Waals surface area contributed by atoms with E-state index in [1.54, 1.807) is 13.0 Å². The van der Waals surface area contributed by atoms with Crippen LogP contribution < -0.4 is 4.74 Å². The molecule has 0 bridgehead atoms. The van der Waals surface area contributed by atoms with Crippen LogP contribution in [0.3, 0.4) is 0 Å². The van der Waals surface area contributed by atoms with E-state index in [4.69, 9.17) is 9.47 Å². The zero-order valence-electron chi connectivity index (χ0n) is 15.9. The first-order valence-electron chi connectivity index (χ1n) is 9.46. The SMILES string of the molecule is CCOC(=O)C(=O)CN1CCc2ccc(OCc3cccc(F)c3)cc2CC1. The molecule has 28 heavy (non-hydrogen) atoms. The van der Waals surface area contributed by atoms with Gasteiger partial charge >= 0.3 is 5.97 Å². The highest BCUT2D eigenvalue weighted by molar-refractivity contribution is 6.34. The van der Waals surface area contributed by atoms with E-state index >= 15 is 0 Å². The van der Waals surface area contributed by atoms with Gasteiger partial charge in [-0.15, -0.1) is 0 Å². The molecule has 0 N–H and O–H groups in total. The number of halogens is 1. The van der Waals surface area contributed by atoms with Gasteiger partial charge in [-0.1, -0.05) is 18.2 Å². The van der Waals surface area contributed by atoms with Crippen LogP contribution in [0, 0.1) is 5.82 Å². The zero-order valence-corrected chi connectivity index (χ0v) is 15.9. The fourth-order valence-electron chi connectivity index (χ4n) is 3.27. The molecule has 0 fully saturated rings. The molecule has 0 spiro atoms. The second-order valence-corrected chi connectivity index (χ2v) is 6.77. The minimum atomic E-state index is -0.766. The van der Waals surface area contributed by atoms with E-state index in [0.29, 0.717) is 19.7 Å². The van der Waals surface area contributed by atoms with Crippen LogP contribution in [0.5, 0.6) is 5.75 Å². The molecule has 148 valence electrons. The average molecular weight is 385 g/mol. The molecule has 2 aromatic rings. The third-order valence-electron chi connectivity index (χ3n) is 4.74. The number of fused-ring (bicyclic) bond motifs is 1. The van der Waals surface area contributed by atoms with Gasteiger partial charge in [0, 0.05) is 13.1 Å². The third kappa shape index (κ3) is 5.39. The van der Waals surface area contributed by atoms with Crippen LogP contribution in [-0.4, -0.2) is 42.9 Å². The van der Waals surface area contributed by atoms with E-state index in [1.807, 2.05) is 29.2 Å². The van der Waals surface area contributed by atoms with Crippen molar-refractivity contribution >= 4 is 11.8 Å². The lowest BCUT2D eigenvalue weighted by Crippen LogP contribution is -2.36. The van der Waals surface area contributed by atoms with E-state index in [0.717, 1.165) is 24.2 Å². The Hall–Kier alpha value is -2.73. The van der Waals surface area contributed by atoms with Crippen molar-refractivity contribution in [2.75, 3.05) is 26.2 Å². The number of nitrogens with zero attached hydrogens (tertiary/aromatic N) is 1. The quantitative estimate of drug-likeness (QED) is 0.542. The molecule has 0 atom stereocenters. The van der Waals surface area contributed by atoms with E-state index in [-0.39, 0.29) is 19.0 Å². The van der Waals surface area contributed by atoms with E-state index in [2.05, 4.69) is 0 Å². The predicted molar refractivity (Wildman–Crippen MR) is 103 cm³/mol. The molecule has 0 aliphatic carbocycles. The summed E-state index contributed by atoms with van der Waals surface area (Å²) in [6, 6.07) is 12.3. The van der Waals surface area contributed by atoms with Crippen LogP contribution >= 0.6 is 0 Å². The number of ketones is 1. The summed E-state index contributed by atoms with van der Waals surface area (Å²) in [4.78, 5) is 25.4. The second kappa shape index (κ2) is 9.46. The summed E-state index contributed by atoms with van der Waals surface area (Å²) in [7, 11) is 0. The number of rotatable bonds is 7. The molecule has 2 aromatic carbocycles. The van der Waals surface area contributed by atoms with Crippen LogP contribution in [-0.2, 0) is 33.8 Å². The molecule has 0 radical (unpaired) electrons. The van der Waals surface area contributed by atoms with Crippen molar-refractivity contribution in [1.29, 1.82) is 0 Å². The summed E-state index contributed by atoms with van der Waals surface area (Å²) in [6.45, 7) is 3.66. The summed E-state index contributed by atoms with van der Waals surface area (Å²) in [6.07, 6.45) is 1.57. The summed E-state index contributed by atoms with van der Waals surface area (Å²) in [5.41, 5.74) is 3.16. The number of hydrogen-bond donors (Lipinski definition) is 0. The maximum Gasteiger partial charge on any atom is 0.375 e. The number of carbonyl (C=O) groups excluding carboxylic acids is 2. The summed E-state index contributed by atoms with van der Waals surface area (Å²) < 4.78 is 23.8. The highest BCUT2D eigenvalue weighted by Gasteiger charge is 2.21. The first-order valence-corrected chi connectivity index (χ1v) is 9.46. The molecule has 1 heterocycles. The summed E-state index contributed by atoms with van der Waals surface area (Å²) >= 11 is 0. The molecule has 1 aliphatic rings. The number of esters is 1. The van der Waals surface area contributed by atoms with Gasteiger partial charge in [-0.25, -0.2) is 9.18 Å². The molecular weight excluding hydrogens is 361 g/mol. The van der Waals surface area contributed by atoms with Gasteiger partial charge in [0.2, 0.25) is 0 Å². The molecule has 1 aliphatic heterocycles. The van der Waals surface area contributed by atoms with Crippen LogP contribution in [0.25, 0.3) is 0 Å². The zero-order chi connectivity index (χ0) is 19.9. The first-order chi connectivity index (χ1) is 13.5. The lowest BCUT2D eigenvalue weighted by Gasteiger charge is -2.17. The molecule has 0 saturated heterocycles. The Balaban J connectivity index is 1.58.